The Morgan fingerprint density at radius 2 is 1.07 bits per heavy atom. The second kappa shape index (κ2) is 3.02. The first-order valence-corrected chi connectivity index (χ1v) is 7.04. The fourth-order valence-corrected chi connectivity index (χ4v) is 5.41. The highest BCUT2D eigenvalue weighted by atomic mass is 14.7. The molecule has 86 valence electrons. The van der Waals surface area contributed by atoms with Gasteiger partial charge in [0.1, 0.15) is 0 Å². The molecule has 0 saturated heterocycles. The van der Waals surface area contributed by atoms with Gasteiger partial charge in [-0.05, 0) is 59.7 Å². The van der Waals surface area contributed by atoms with Crippen LogP contribution in [0.1, 0.15) is 41.0 Å². The number of rotatable bonds is 0. The molecule has 0 nitrogen and oxygen atoms in total. The van der Waals surface area contributed by atoms with E-state index in [2.05, 4.69) is 34.6 Å². The normalized spacial score (nSPS) is 67.4. The Hall–Kier alpha value is 0. The molecule has 0 aliphatic heterocycles. The summed E-state index contributed by atoms with van der Waals surface area (Å²) in [5.74, 6) is 9.31. The van der Waals surface area contributed by atoms with Gasteiger partial charge in [0.15, 0.2) is 0 Å². The van der Waals surface area contributed by atoms with Crippen LogP contribution < -0.4 is 0 Å². The minimum atomic E-state index is 0.967. The smallest absolute Gasteiger partial charge is 0.0321 e. The van der Waals surface area contributed by atoms with E-state index >= 15 is 0 Å². The van der Waals surface area contributed by atoms with E-state index in [1.54, 1.807) is 6.42 Å². The van der Waals surface area contributed by atoms with Crippen molar-refractivity contribution in [3.8, 4) is 0 Å². The first-order valence-electron chi connectivity index (χ1n) is 7.04. The molecule has 0 bridgehead atoms. The summed E-state index contributed by atoms with van der Waals surface area (Å²) in [6, 6.07) is 0. The summed E-state index contributed by atoms with van der Waals surface area (Å²) in [4.78, 5) is 0. The highest BCUT2D eigenvalue weighted by Gasteiger charge is 2.61. The Labute approximate surface area is 94.8 Å². The molecule has 0 aromatic carbocycles. The quantitative estimate of drug-likeness (QED) is 0.560. The lowest BCUT2D eigenvalue weighted by molar-refractivity contribution is 0.0863. The average molecular weight is 206 g/mol. The van der Waals surface area contributed by atoms with Crippen LogP contribution in [-0.4, -0.2) is 0 Å². The van der Waals surface area contributed by atoms with E-state index in [0.717, 1.165) is 53.3 Å². The molecule has 0 N–H and O–H groups in total. The maximum Gasteiger partial charge on any atom is -0.0321 e. The zero-order valence-corrected chi connectivity index (χ0v) is 10.9. The summed E-state index contributed by atoms with van der Waals surface area (Å²) in [6.07, 6.45) is 1.57. The topological polar surface area (TPSA) is 0 Å². The molecule has 0 aromatic rings. The highest BCUT2D eigenvalue weighted by molar-refractivity contribution is 5.09. The van der Waals surface area contributed by atoms with Crippen molar-refractivity contribution in [2.45, 2.75) is 41.0 Å². The lowest BCUT2D eigenvalue weighted by atomic mass is 9.66. The predicted molar refractivity (Wildman–Crippen MR) is 64.4 cm³/mol. The number of fused-ring (bicyclic) bond motifs is 3. The highest BCUT2D eigenvalue weighted by Crippen LogP contribution is 2.67. The van der Waals surface area contributed by atoms with Gasteiger partial charge in [0, 0.05) is 0 Å². The Bertz CT molecular complexity index is 269. The van der Waals surface area contributed by atoms with Crippen molar-refractivity contribution >= 4 is 0 Å². The van der Waals surface area contributed by atoms with Gasteiger partial charge >= 0.3 is 0 Å². The average Bonchev–Trinajstić information content (AvgIpc) is 2.95. The molecule has 3 fully saturated rings. The van der Waals surface area contributed by atoms with Gasteiger partial charge in [0.2, 0.25) is 0 Å². The predicted octanol–water partition coefficient (Wildman–Crippen LogP) is 4.06. The van der Waals surface area contributed by atoms with Crippen molar-refractivity contribution in [3.05, 3.63) is 0 Å². The first-order chi connectivity index (χ1) is 7.04. The third-order valence-electron chi connectivity index (χ3n) is 6.81. The molecule has 3 aliphatic carbocycles. The van der Waals surface area contributed by atoms with Gasteiger partial charge in [-0.3, -0.25) is 0 Å². The Morgan fingerprint density at radius 3 is 1.73 bits per heavy atom. The van der Waals surface area contributed by atoms with E-state index in [9.17, 15) is 0 Å². The van der Waals surface area contributed by atoms with Crippen molar-refractivity contribution in [1.82, 2.24) is 0 Å². The summed E-state index contributed by atoms with van der Waals surface area (Å²) in [6.45, 7) is 12.6. The summed E-state index contributed by atoms with van der Waals surface area (Å²) < 4.78 is 0. The number of hydrogen-bond donors (Lipinski definition) is 0. The molecule has 9 atom stereocenters. The second-order valence-corrected chi connectivity index (χ2v) is 7.01. The van der Waals surface area contributed by atoms with Gasteiger partial charge in [-0.15, -0.1) is 0 Å². The summed E-state index contributed by atoms with van der Waals surface area (Å²) >= 11 is 0. The molecule has 0 heteroatoms. The van der Waals surface area contributed by atoms with Crippen LogP contribution in [0.2, 0.25) is 0 Å². The van der Waals surface area contributed by atoms with Crippen LogP contribution in [-0.2, 0) is 0 Å². The van der Waals surface area contributed by atoms with Crippen LogP contribution in [0.3, 0.4) is 0 Å². The molecule has 0 heterocycles. The number of hydrogen-bond acceptors (Lipinski definition) is 0. The SMILES string of the molecule is CC1C(C)C2C(C)C(C)C3CC3C2C1C. The van der Waals surface area contributed by atoms with Crippen molar-refractivity contribution < 1.29 is 0 Å². The molecular formula is C15H26. The van der Waals surface area contributed by atoms with Gasteiger partial charge in [-0.25, -0.2) is 0 Å². The molecule has 3 aliphatic rings. The standard InChI is InChI=1S/C15H26/c1-7-9(3)14-11(5)8(2)12-6-13(12)15(14)10(7)4/h7-15H,6H2,1-5H3. The van der Waals surface area contributed by atoms with E-state index in [4.69, 9.17) is 0 Å². The lowest BCUT2D eigenvalue weighted by Crippen LogP contribution is -2.34. The summed E-state index contributed by atoms with van der Waals surface area (Å²) in [5, 5.41) is 0. The van der Waals surface area contributed by atoms with E-state index < -0.39 is 0 Å². The van der Waals surface area contributed by atoms with Gasteiger partial charge in [0.25, 0.3) is 0 Å². The molecular weight excluding hydrogens is 180 g/mol. The molecule has 3 rings (SSSR count). The van der Waals surface area contributed by atoms with Crippen molar-refractivity contribution in [2.75, 3.05) is 0 Å². The molecule has 3 saturated carbocycles. The summed E-state index contributed by atoms with van der Waals surface area (Å²) in [7, 11) is 0. The maximum absolute atomic E-state index is 2.54. The van der Waals surface area contributed by atoms with Crippen molar-refractivity contribution in [1.29, 1.82) is 0 Å². The maximum atomic E-state index is 2.54. The van der Waals surface area contributed by atoms with Crippen LogP contribution in [0.25, 0.3) is 0 Å². The largest absolute Gasteiger partial charge is 0.0620 e. The van der Waals surface area contributed by atoms with E-state index in [1.807, 2.05) is 0 Å². The second-order valence-electron chi connectivity index (χ2n) is 7.01. The minimum absolute atomic E-state index is 0.967. The van der Waals surface area contributed by atoms with Crippen molar-refractivity contribution in [3.63, 3.8) is 0 Å². The molecule has 0 radical (unpaired) electrons. The van der Waals surface area contributed by atoms with Crippen LogP contribution >= 0.6 is 0 Å². The summed E-state index contributed by atoms with van der Waals surface area (Å²) in [5.41, 5.74) is 0. The molecule has 0 spiro atoms. The van der Waals surface area contributed by atoms with E-state index in [1.165, 1.54) is 0 Å². The third kappa shape index (κ3) is 1.14. The van der Waals surface area contributed by atoms with Crippen LogP contribution in [0.4, 0.5) is 0 Å². The lowest BCUT2D eigenvalue weighted by Gasteiger charge is -2.39. The Balaban J connectivity index is 1.94. The molecule has 0 amide bonds. The van der Waals surface area contributed by atoms with Gasteiger partial charge in [-0.2, -0.15) is 0 Å². The fourth-order valence-electron chi connectivity index (χ4n) is 5.41. The van der Waals surface area contributed by atoms with Crippen molar-refractivity contribution in [2.24, 2.45) is 53.3 Å². The van der Waals surface area contributed by atoms with E-state index in [0.29, 0.717) is 0 Å². The molecule has 15 heavy (non-hydrogen) atoms. The van der Waals surface area contributed by atoms with Gasteiger partial charge in [-0.1, -0.05) is 34.6 Å². The zero-order chi connectivity index (χ0) is 10.9. The van der Waals surface area contributed by atoms with Crippen LogP contribution in [0.15, 0.2) is 0 Å². The first kappa shape index (κ1) is 10.2. The zero-order valence-electron chi connectivity index (χ0n) is 10.9. The van der Waals surface area contributed by atoms with Gasteiger partial charge < -0.3 is 0 Å². The Morgan fingerprint density at radius 1 is 0.533 bits per heavy atom. The van der Waals surface area contributed by atoms with Crippen LogP contribution in [0, 0.1) is 53.3 Å². The molecule has 9 unspecified atom stereocenters. The third-order valence-corrected chi connectivity index (χ3v) is 6.81. The minimum Gasteiger partial charge on any atom is -0.0620 e. The Kier molecular flexibility index (Phi) is 2.05. The van der Waals surface area contributed by atoms with Gasteiger partial charge in [0.05, 0.1) is 0 Å². The molecule has 0 aromatic heterocycles. The monoisotopic (exact) mass is 206 g/mol. The van der Waals surface area contributed by atoms with E-state index in [-0.39, 0.29) is 0 Å². The van der Waals surface area contributed by atoms with Crippen LogP contribution in [0.5, 0.6) is 0 Å². The fraction of sp³-hybridized carbons (Fsp3) is 1.00.